The fourth-order valence-corrected chi connectivity index (χ4v) is 5.08. The molecule has 0 bridgehead atoms. The average molecular weight is 626 g/mol. The van der Waals surface area contributed by atoms with E-state index in [2.05, 4.69) is 79.9 Å². The zero-order valence-corrected chi connectivity index (χ0v) is 29.4. The van der Waals surface area contributed by atoms with Crippen molar-refractivity contribution in [3.05, 3.63) is 72.9 Å². The van der Waals surface area contributed by atoms with Crippen LogP contribution in [0.1, 0.15) is 162 Å². The number of unbranched alkanes of at least 4 members (excludes halogenated alkanes) is 15. The fraction of sp³-hybridized carbons (Fsp3) is 0.683. The van der Waals surface area contributed by atoms with Crippen LogP contribution in [0.3, 0.4) is 0 Å². The zero-order valence-electron chi connectivity index (χ0n) is 29.4. The molecule has 0 heterocycles. The summed E-state index contributed by atoms with van der Waals surface area (Å²) in [6, 6.07) is -0.629. The van der Waals surface area contributed by atoms with E-state index in [-0.39, 0.29) is 12.5 Å². The first-order chi connectivity index (χ1) is 22.2. The highest BCUT2D eigenvalue weighted by Gasteiger charge is 2.17. The van der Waals surface area contributed by atoms with Gasteiger partial charge in [0, 0.05) is 6.42 Å². The third-order valence-electron chi connectivity index (χ3n) is 7.95. The van der Waals surface area contributed by atoms with Gasteiger partial charge in [-0.1, -0.05) is 164 Å². The van der Waals surface area contributed by atoms with E-state index in [1.807, 2.05) is 6.08 Å². The smallest absolute Gasteiger partial charge is 0.220 e. The van der Waals surface area contributed by atoms with Gasteiger partial charge < -0.3 is 15.5 Å². The zero-order chi connectivity index (χ0) is 32.9. The molecular formula is C41H71NO3. The fourth-order valence-electron chi connectivity index (χ4n) is 5.08. The Bertz CT molecular complexity index is 808. The van der Waals surface area contributed by atoms with Crippen LogP contribution in [-0.2, 0) is 4.79 Å². The van der Waals surface area contributed by atoms with Gasteiger partial charge in [0.2, 0.25) is 5.91 Å². The second kappa shape index (κ2) is 36.3. The van der Waals surface area contributed by atoms with Gasteiger partial charge in [-0.15, -0.1) is 0 Å². The van der Waals surface area contributed by atoms with Gasteiger partial charge in [0.05, 0.1) is 18.8 Å². The minimum absolute atomic E-state index is 0.0818. The summed E-state index contributed by atoms with van der Waals surface area (Å²) in [4.78, 5) is 12.3. The van der Waals surface area contributed by atoms with Crippen LogP contribution in [0.2, 0.25) is 0 Å². The molecule has 0 aliphatic heterocycles. The molecule has 2 unspecified atom stereocenters. The number of carbonyl (C=O) groups is 1. The Morgan fingerprint density at radius 2 is 0.978 bits per heavy atom. The highest BCUT2D eigenvalue weighted by atomic mass is 16.3. The molecule has 0 saturated carbocycles. The number of aliphatic hydroxyl groups is 2. The molecule has 0 radical (unpaired) electrons. The van der Waals surface area contributed by atoms with Crippen molar-refractivity contribution in [1.29, 1.82) is 0 Å². The second-order valence-electron chi connectivity index (χ2n) is 12.3. The molecule has 4 nitrogen and oxygen atoms in total. The normalized spacial score (nSPS) is 14.0. The first-order valence-corrected chi connectivity index (χ1v) is 18.7. The maximum atomic E-state index is 12.3. The topological polar surface area (TPSA) is 69.6 Å². The van der Waals surface area contributed by atoms with Crippen LogP contribution in [0.15, 0.2) is 72.9 Å². The number of carbonyl (C=O) groups excluding carboxylic acids is 1. The number of nitrogens with one attached hydrogen (secondary N) is 1. The first-order valence-electron chi connectivity index (χ1n) is 18.7. The lowest BCUT2D eigenvalue weighted by atomic mass is 10.1. The highest BCUT2D eigenvalue weighted by Crippen LogP contribution is 2.12. The van der Waals surface area contributed by atoms with Crippen molar-refractivity contribution < 1.29 is 15.0 Å². The van der Waals surface area contributed by atoms with Crippen LogP contribution in [0, 0.1) is 0 Å². The third kappa shape index (κ3) is 33.0. The van der Waals surface area contributed by atoms with Crippen molar-refractivity contribution in [1.82, 2.24) is 5.32 Å². The van der Waals surface area contributed by atoms with Crippen molar-refractivity contribution >= 4 is 5.91 Å². The maximum Gasteiger partial charge on any atom is 0.220 e. The summed E-state index contributed by atoms with van der Waals surface area (Å²) in [5.41, 5.74) is 0. The largest absolute Gasteiger partial charge is 0.394 e. The molecule has 3 N–H and O–H groups in total. The minimum atomic E-state index is -0.845. The van der Waals surface area contributed by atoms with Gasteiger partial charge >= 0.3 is 0 Å². The van der Waals surface area contributed by atoms with Crippen LogP contribution in [0.4, 0.5) is 0 Å². The lowest BCUT2D eigenvalue weighted by Crippen LogP contribution is -2.45. The van der Waals surface area contributed by atoms with E-state index < -0.39 is 12.1 Å². The van der Waals surface area contributed by atoms with Crippen LogP contribution in [0.25, 0.3) is 0 Å². The lowest BCUT2D eigenvalue weighted by Gasteiger charge is -2.20. The summed E-state index contributed by atoms with van der Waals surface area (Å²) < 4.78 is 0. The summed E-state index contributed by atoms with van der Waals surface area (Å²) in [6.07, 6.45) is 51.3. The molecule has 258 valence electrons. The Labute approximate surface area is 278 Å². The first kappa shape index (κ1) is 42.8. The molecule has 45 heavy (non-hydrogen) atoms. The van der Waals surface area contributed by atoms with Gasteiger partial charge in [0.1, 0.15) is 0 Å². The number of amides is 1. The molecule has 2 atom stereocenters. The SMILES string of the molecule is CC/C=C\C/C=C\C/C=C\C/C=C\C/C=C\CCCCCCCCCC(=O)NC(CO)C(O)/C=C/CCCCCCCCCC. The maximum absolute atomic E-state index is 12.3. The summed E-state index contributed by atoms with van der Waals surface area (Å²) in [6.45, 7) is 4.15. The van der Waals surface area contributed by atoms with Crippen molar-refractivity contribution in [2.75, 3.05) is 6.61 Å². The summed E-state index contributed by atoms with van der Waals surface area (Å²) >= 11 is 0. The summed E-state index contributed by atoms with van der Waals surface area (Å²) in [7, 11) is 0. The molecule has 0 rings (SSSR count). The molecule has 0 aromatic rings. The number of aliphatic hydroxyl groups excluding tert-OH is 2. The van der Waals surface area contributed by atoms with Crippen LogP contribution in [-0.4, -0.2) is 34.9 Å². The van der Waals surface area contributed by atoms with Crippen molar-refractivity contribution in [2.24, 2.45) is 0 Å². The van der Waals surface area contributed by atoms with Crippen LogP contribution in [0.5, 0.6) is 0 Å². The molecule has 0 fully saturated rings. The molecule has 1 amide bonds. The molecule has 0 spiro atoms. The third-order valence-corrected chi connectivity index (χ3v) is 7.95. The van der Waals surface area contributed by atoms with Gasteiger partial charge in [-0.05, 0) is 64.2 Å². The van der Waals surface area contributed by atoms with E-state index >= 15 is 0 Å². The molecular weight excluding hydrogens is 554 g/mol. The van der Waals surface area contributed by atoms with E-state index in [0.717, 1.165) is 70.6 Å². The van der Waals surface area contributed by atoms with E-state index in [1.54, 1.807) is 6.08 Å². The number of hydrogen-bond donors (Lipinski definition) is 3. The molecule has 0 saturated heterocycles. The number of hydrogen-bond acceptors (Lipinski definition) is 3. The van der Waals surface area contributed by atoms with E-state index in [4.69, 9.17) is 0 Å². The number of rotatable bonds is 32. The van der Waals surface area contributed by atoms with E-state index in [9.17, 15) is 15.0 Å². The average Bonchev–Trinajstić information content (AvgIpc) is 3.04. The Morgan fingerprint density at radius 3 is 1.47 bits per heavy atom. The predicted octanol–water partition coefficient (Wildman–Crippen LogP) is 11.2. The Hall–Kier alpha value is -2.17. The summed E-state index contributed by atoms with van der Waals surface area (Å²) in [5.74, 6) is -0.0818. The standard InChI is InChI=1S/C41H71NO3/c1-3-5-7-9-11-13-15-16-17-18-19-20-21-22-23-24-25-26-27-29-31-33-35-37-41(45)42-39(38-43)40(44)36-34-32-30-28-14-12-10-8-6-4-2/h5,7,11,13,16-17,19-20,22-23,34,36,39-40,43-44H,3-4,6,8-10,12,14-15,18,21,24-33,35,37-38H2,1-2H3,(H,42,45)/b7-5-,13-11-,17-16-,20-19-,23-22-,36-34+. The quantitative estimate of drug-likeness (QED) is 0.0514. The Morgan fingerprint density at radius 1 is 0.556 bits per heavy atom. The van der Waals surface area contributed by atoms with Gasteiger partial charge in [0.15, 0.2) is 0 Å². The molecule has 0 aliphatic carbocycles. The van der Waals surface area contributed by atoms with Crippen molar-refractivity contribution in [3.63, 3.8) is 0 Å². The van der Waals surface area contributed by atoms with Gasteiger partial charge in [0.25, 0.3) is 0 Å². The lowest BCUT2D eigenvalue weighted by molar-refractivity contribution is -0.123. The molecule has 4 heteroatoms. The van der Waals surface area contributed by atoms with Crippen molar-refractivity contribution in [2.45, 2.75) is 174 Å². The van der Waals surface area contributed by atoms with E-state index in [1.165, 1.54) is 70.6 Å². The molecule has 0 aromatic carbocycles. The second-order valence-corrected chi connectivity index (χ2v) is 12.3. The highest BCUT2D eigenvalue weighted by molar-refractivity contribution is 5.76. The Kier molecular flexibility index (Phi) is 34.5. The predicted molar refractivity (Wildman–Crippen MR) is 197 cm³/mol. The van der Waals surface area contributed by atoms with Crippen molar-refractivity contribution in [3.8, 4) is 0 Å². The van der Waals surface area contributed by atoms with Gasteiger partial charge in [-0.25, -0.2) is 0 Å². The van der Waals surface area contributed by atoms with Crippen LogP contribution < -0.4 is 5.32 Å². The van der Waals surface area contributed by atoms with E-state index in [0.29, 0.717) is 6.42 Å². The number of allylic oxidation sites excluding steroid dienone is 11. The molecule has 0 aromatic heterocycles. The van der Waals surface area contributed by atoms with Crippen LogP contribution >= 0.6 is 0 Å². The Balaban J connectivity index is 3.66. The van der Waals surface area contributed by atoms with Gasteiger partial charge in [-0.2, -0.15) is 0 Å². The van der Waals surface area contributed by atoms with Gasteiger partial charge in [-0.3, -0.25) is 4.79 Å². The summed E-state index contributed by atoms with van der Waals surface area (Å²) in [5, 5.41) is 22.8. The minimum Gasteiger partial charge on any atom is -0.394 e. The monoisotopic (exact) mass is 626 g/mol. The molecule has 0 aliphatic rings.